The lowest BCUT2D eigenvalue weighted by Crippen LogP contribution is -2.05. The predicted octanol–water partition coefficient (Wildman–Crippen LogP) is 3.78. The van der Waals surface area contributed by atoms with Crippen LogP contribution in [0.2, 0.25) is 0 Å². The van der Waals surface area contributed by atoms with E-state index in [-0.39, 0.29) is 0 Å². The van der Waals surface area contributed by atoms with Gasteiger partial charge in [0.2, 0.25) is 0 Å². The fraction of sp³-hybridized carbons (Fsp3) is 0.0952. The van der Waals surface area contributed by atoms with Crippen LogP contribution in [0.25, 0.3) is 22.2 Å². The van der Waals surface area contributed by atoms with Gasteiger partial charge in [-0.05, 0) is 48.0 Å². The van der Waals surface area contributed by atoms with Crippen molar-refractivity contribution in [1.29, 1.82) is 0 Å². The Hall–Kier alpha value is -3.31. The van der Waals surface area contributed by atoms with Crippen molar-refractivity contribution in [2.45, 2.75) is 6.10 Å². The molecule has 0 aliphatic heterocycles. The molecule has 0 bridgehead atoms. The van der Waals surface area contributed by atoms with Crippen molar-refractivity contribution >= 4 is 10.9 Å². The van der Waals surface area contributed by atoms with E-state index < -0.39 is 6.10 Å². The average molecular weight is 343 g/mol. The number of hydrogen-bond acceptors (Lipinski definition) is 5. The normalized spacial score (nSPS) is 12.1. The molecule has 0 saturated heterocycles. The molecule has 4 rings (SSSR count). The molecule has 1 aromatic carbocycles. The van der Waals surface area contributed by atoms with Gasteiger partial charge in [0.05, 0.1) is 24.0 Å². The monoisotopic (exact) mass is 343 g/mol. The van der Waals surface area contributed by atoms with Gasteiger partial charge in [-0.25, -0.2) is 4.98 Å². The second-order valence-corrected chi connectivity index (χ2v) is 5.87. The van der Waals surface area contributed by atoms with Gasteiger partial charge in [-0.2, -0.15) is 0 Å². The number of ether oxygens (including phenoxy) is 1. The van der Waals surface area contributed by atoms with Crippen LogP contribution in [0, 0.1) is 0 Å². The Morgan fingerprint density at radius 3 is 2.46 bits per heavy atom. The van der Waals surface area contributed by atoms with E-state index in [9.17, 15) is 5.11 Å². The summed E-state index contributed by atoms with van der Waals surface area (Å²) in [4.78, 5) is 13.2. The molecule has 5 nitrogen and oxygen atoms in total. The molecular weight excluding hydrogens is 326 g/mol. The molecule has 3 heterocycles. The van der Waals surface area contributed by atoms with Gasteiger partial charge >= 0.3 is 0 Å². The van der Waals surface area contributed by atoms with E-state index in [2.05, 4.69) is 9.97 Å². The molecule has 26 heavy (non-hydrogen) atoms. The second kappa shape index (κ2) is 6.90. The standard InChI is InChI=1S/C21H17N3O2/c1-26-16-6-4-15(5-7-16)21(25)20-17-3-2-10-23-19(17)13-18(24-20)14-8-11-22-12-9-14/h2-13,21,25H,1H3/t21-/m0/s1. The van der Waals surface area contributed by atoms with Gasteiger partial charge in [-0.15, -0.1) is 0 Å². The number of rotatable bonds is 4. The van der Waals surface area contributed by atoms with Crippen LogP contribution in [0.15, 0.2) is 73.2 Å². The minimum absolute atomic E-state index is 0.576. The highest BCUT2D eigenvalue weighted by atomic mass is 16.5. The van der Waals surface area contributed by atoms with Crippen LogP contribution in [0.4, 0.5) is 0 Å². The van der Waals surface area contributed by atoms with E-state index >= 15 is 0 Å². The lowest BCUT2D eigenvalue weighted by atomic mass is 10.0. The third-order valence-electron chi connectivity index (χ3n) is 4.30. The van der Waals surface area contributed by atoms with Gasteiger partial charge in [-0.1, -0.05) is 12.1 Å². The van der Waals surface area contributed by atoms with Crippen LogP contribution in [0.1, 0.15) is 17.4 Å². The minimum Gasteiger partial charge on any atom is -0.497 e. The van der Waals surface area contributed by atoms with Crippen LogP contribution < -0.4 is 4.74 Å². The summed E-state index contributed by atoms with van der Waals surface area (Å²) in [5.74, 6) is 0.742. The molecule has 1 atom stereocenters. The maximum absolute atomic E-state index is 11.0. The van der Waals surface area contributed by atoms with Gasteiger partial charge in [0, 0.05) is 29.5 Å². The number of aromatic nitrogens is 3. The third kappa shape index (κ3) is 3.00. The average Bonchev–Trinajstić information content (AvgIpc) is 2.73. The van der Waals surface area contributed by atoms with Gasteiger partial charge in [0.1, 0.15) is 11.9 Å². The van der Waals surface area contributed by atoms with E-state index in [0.29, 0.717) is 5.69 Å². The summed E-state index contributed by atoms with van der Waals surface area (Å²) in [7, 11) is 1.62. The number of fused-ring (bicyclic) bond motifs is 1. The Bertz CT molecular complexity index is 1030. The smallest absolute Gasteiger partial charge is 0.122 e. The zero-order chi connectivity index (χ0) is 17.9. The van der Waals surface area contributed by atoms with Crippen molar-refractivity contribution in [3.05, 3.63) is 84.4 Å². The Morgan fingerprint density at radius 2 is 1.73 bits per heavy atom. The molecule has 0 fully saturated rings. The summed E-state index contributed by atoms with van der Waals surface area (Å²) in [6.07, 6.45) is 4.31. The first kappa shape index (κ1) is 16.2. The van der Waals surface area contributed by atoms with Gasteiger partial charge < -0.3 is 9.84 Å². The third-order valence-corrected chi connectivity index (χ3v) is 4.30. The topological polar surface area (TPSA) is 68.1 Å². The zero-order valence-corrected chi connectivity index (χ0v) is 14.2. The number of aliphatic hydroxyl groups is 1. The molecule has 0 aliphatic carbocycles. The van der Waals surface area contributed by atoms with Crippen LogP contribution >= 0.6 is 0 Å². The molecule has 3 aromatic heterocycles. The summed E-state index contributed by atoms with van der Waals surface area (Å²) < 4.78 is 5.19. The summed E-state index contributed by atoms with van der Waals surface area (Å²) in [6.45, 7) is 0. The van der Waals surface area contributed by atoms with Crippen molar-refractivity contribution in [1.82, 2.24) is 15.0 Å². The quantitative estimate of drug-likeness (QED) is 0.611. The Balaban J connectivity index is 1.86. The van der Waals surface area contributed by atoms with E-state index in [1.54, 1.807) is 25.7 Å². The highest BCUT2D eigenvalue weighted by Gasteiger charge is 2.18. The summed E-state index contributed by atoms with van der Waals surface area (Å²) in [5, 5.41) is 11.8. The van der Waals surface area contributed by atoms with Crippen LogP contribution in [0.3, 0.4) is 0 Å². The number of nitrogens with zero attached hydrogens (tertiary/aromatic N) is 3. The molecule has 0 aliphatic rings. The van der Waals surface area contributed by atoms with E-state index in [4.69, 9.17) is 9.72 Å². The molecule has 0 spiro atoms. The summed E-state index contributed by atoms with van der Waals surface area (Å²) in [5.41, 5.74) is 3.79. The van der Waals surface area contributed by atoms with Gasteiger partial charge in [0.15, 0.2) is 0 Å². The fourth-order valence-electron chi connectivity index (χ4n) is 2.92. The van der Waals surface area contributed by atoms with E-state index in [1.165, 1.54) is 0 Å². The second-order valence-electron chi connectivity index (χ2n) is 5.87. The first-order valence-electron chi connectivity index (χ1n) is 8.24. The number of benzene rings is 1. The summed E-state index contributed by atoms with van der Waals surface area (Å²) >= 11 is 0. The molecule has 128 valence electrons. The lowest BCUT2D eigenvalue weighted by Gasteiger charge is -2.15. The van der Waals surface area contributed by atoms with Crippen LogP contribution in [0.5, 0.6) is 5.75 Å². The van der Waals surface area contributed by atoms with E-state index in [0.717, 1.165) is 33.5 Å². The van der Waals surface area contributed by atoms with Crippen molar-refractivity contribution in [3.63, 3.8) is 0 Å². The fourth-order valence-corrected chi connectivity index (χ4v) is 2.92. The highest BCUT2D eigenvalue weighted by Crippen LogP contribution is 2.30. The largest absolute Gasteiger partial charge is 0.497 e. The van der Waals surface area contributed by atoms with Crippen LogP contribution in [-0.2, 0) is 0 Å². The lowest BCUT2D eigenvalue weighted by molar-refractivity contribution is 0.217. The molecule has 0 amide bonds. The van der Waals surface area contributed by atoms with Gasteiger partial charge in [0.25, 0.3) is 0 Å². The number of methoxy groups -OCH3 is 1. The maximum atomic E-state index is 11.0. The molecule has 0 saturated carbocycles. The van der Waals surface area contributed by atoms with E-state index in [1.807, 2.05) is 54.6 Å². The molecule has 0 radical (unpaired) electrons. The molecule has 5 heteroatoms. The number of aliphatic hydroxyl groups excluding tert-OH is 1. The minimum atomic E-state index is -0.866. The van der Waals surface area contributed by atoms with Crippen molar-refractivity contribution < 1.29 is 9.84 Å². The maximum Gasteiger partial charge on any atom is 0.122 e. The Morgan fingerprint density at radius 1 is 0.962 bits per heavy atom. The first-order chi connectivity index (χ1) is 12.8. The number of hydrogen-bond donors (Lipinski definition) is 1. The molecule has 1 N–H and O–H groups in total. The first-order valence-corrected chi connectivity index (χ1v) is 8.24. The molecule has 4 aromatic rings. The highest BCUT2D eigenvalue weighted by molar-refractivity contribution is 5.85. The van der Waals surface area contributed by atoms with Crippen molar-refractivity contribution in [3.8, 4) is 17.0 Å². The molecule has 0 unspecified atom stereocenters. The van der Waals surface area contributed by atoms with Crippen molar-refractivity contribution in [2.75, 3.05) is 7.11 Å². The zero-order valence-electron chi connectivity index (χ0n) is 14.2. The Kier molecular flexibility index (Phi) is 4.29. The van der Waals surface area contributed by atoms with Crippen molar-refractivity contribution in [2.24, 2.45) is 0 Å². The number of pyridine rings is 3. The van der Waals surface area contributed by atoms with Gasteiger partial charge in [-0.3, -0.25) is 9.97 Å². The van der Waals surface area contributed by atoms with Crippen LogP contribution in [-0.4, -0.2) is 27.2 Å². The predicted molar refractivity (Wildman–Crippen MR) is 99.8 cm³/mol. The molecular formula is C21H17N3O2. The summed E-state index contributed by atoms with van der Waals surface area (Å²) in [6, 6.07) is 16.8. The SMILES string of the molecule is COc1ccc([C@H](O)c2nc(-c3ccncc3)cc3ncccc23)cc1. The Labute approximate surface area is 151 Å².